The third kappa shape index (κ3) is 5.51. The molecule has 1 aliphatic carbocycles. The lowest BCUT2D eigenvalue weighted by Crippen LogP contribution is -2.43. The molecule has 4 rings (SSSR count). The van der Waals surface area contributed by atoms with Gasteiger partial charge in [-0.1, -0.05) is 38.2 Å². The van der Waals surface area contributed by atoms with Crippen molar-refractivity contribution in [2.75, 3.05) is 11.6 Å². The molecule has 1 unspecified atom stereocenters. The summed E-state index contributed by atoms with van der Waals surface area (Å²) in [5, 5.41) is 12.0. The number of H-pyrrole nitrogens is 1. The van der Waals surface area contributed by atoms with Gasteiger partial charge in [0.2, 0.25) is 5.91 Å². The Kier molecular flexibility index (Phi) is 7.18. The maximum atomic E-state index is 13.4. The molecule has 3 aromatic rings. The van der Waals surface area contributed by atoms with Gasteiger partial charge in [-0.25, -0.2) is 22.8 Å². The van der Waals surface area contributed by atoms with Crippen molar-refractivity contribution in [3.8, 4) is 0 Å². The summed E-state index contributed by atoms with van der Waals surface area (Å²) in [6, 6.07) is 6.00. The fourth-order valence-corrected chi connectivity index (χ4v) is 5.24. The second kappa shape index (κ2) is 10.1. The highest BCUT2D eigenvalue weighted by Crippen LogP contribution is 2.31. The van der Waals surface area contributed by atoms with Crippen LogP contribution in [-0.4, -0.2) is 40.2 Å². The van der Waals surface area contributed by atoms with E-state index in [1.807, 2.05) is 0 Å². The second-order valence-corrected chi connectivity index (χ2v) is 11.1. The SMILES string of the molecule is CS(=O)(=O)c1ccc2c(=O)n(C(CC3CCCCC3)C(=O)Nc3ccc(CO)cn3)c(=O)[nH]c2c1. The van der Waals surface area contributed by atoms with Crippen LogP contribution in [0.3, 0.4) is 0 Å². The number of anilines is 1. The molecule has 186 valence electrons. The highest BCUT2D eigenvalue weighted by atomic mass is 32.2. The first-order valence-corrected chi connectivity index (χ1v) is 13.4. The number of nitrogens with one attached hydrogen (secondary N) is 2. The molecule has 1 aromatic carbocycles. The first-order chi connectivity index (χ1) is 16.7. The largest absolute Gasteiger partial charge is 0.392 e. The number of carbonyl (C=O) groups is 1. The van der Waals surface area contributed by atoms with E-state index in [1.165, 1.54) is 24.4 Å². The summed E-state index contributed by atoms with van der Waals surface area (Å²) in [7, 11) is -3.54. The van der Waals surface area contributed by atoms with E-state index in [4.69, 9.17) is 0 Å². The van der Waals surface area contributed by atoms with Crippen LogP contribution in [0.25, 0.3) is 10.9 Å². The zero-order chi connectivity index (χ0) is 25.2. The highest BCUT2D eigenvalue weighted by molar-refractivity contribution is 7.90. The van der Waals surface area contributed by atoms with Crippen LogP contribution >= 0.6 is 0 Å². The summed E-state index contributed by atoms with van der Waals surface area (Å²) < 4.78 is 24.7. The van der Waals surface area contributed by atoms with E-state index in [1.54, 1.807) is 12.1 Å². The van der Waals surface area contributed by atoms with Gasteiger partial charge in [0.15, 0.2) is 9.84 Å². The number of hydrogen-bond acceptors (Lipinski definition) is 7. The Morgan fingerprint density at radius 3 is 2.57 bits per heavy atom. The molecule has 0 bridgehead atoms. The molecule has 0 radical (unpaired) electrons. The number of fused-ring (bicyclic) bond motifs is 1. The molecular formula is C24H28N4O6S. The topological polar surface area (TPSA) is 151 Å². The third-order valence-electron chi connectivity index (χ3n) is 6.48. The van der Waals surface area contributed by atoms with Crippen LogP contribution in [0.15, 0.2) is 51.0 Å². The summed E-state index contributed by atoms with van der Waals surface area (Å²) in [5.74, 6) is -0.123. The normalized spacial score (nSPS) is 15.7. The first-order valence-electron chi connectivity index (χ1n) is 11.5. The number of rotatable bonds is 7. The molecule has 0 spiro atoms. The highest BCUT2D eigenvalue weighted by Gasteiger charge is 2.29. The predicted molar refractivity (Wildman–Crippen MR) is 131 cm³/mol. The van der Waals surface area contributed by atoms with Crippen LogP contribution in [0.2, 0.25) is 0 Å². The number of hydrogen-bond donors (Lipinski definition) is 3. The van der Waals surface area contributed by atoms with Crippen LogP contribution in [0, 0.1) is 5.92 Å². The molecular weight excluding hydrogens is 472 g/mol. The van der Waals surface area contributed by atoms with Crippen molar-refractivity contribution in [3.63, 3.8) is 0 Å². The molecule has 10 nitrogen and oxygen atoms in total. The molecule has 11 heteroatoms. The van der Waals surface area contributed by atoms with Gasteiger partial charge in [-0.3, -0.25) is 9.59 Å². The monoisotopic (exact) mass is 500 g/mol. The second-order valence-electron chi connectivity index (χ2n) is 9.04. The summed E-state index contributed by atoms with van der Waals surface area (Å²) in [6.45, 7) is -0.186. The van der Waals surface area contributed by atoms with E-state index >= 15 is 0 Å². The van der Waals surface area contributed by atoms with Crippen molar-refractivity contribution in [3.05, 3.63) is 62.9 Å². The number of aromatic amines is 1. The molecule has 1 amide bonds. The van der Waals surface area contributed by atoms with Crippen LogP contribution in [0.5, 0.6) is 0 Å². The van der Waals surface area contributed by atoms with Gasteiger partial charge < -0.3 is 15.4 Å². The zero-order valence-electron chi connectivity index (χ0n) is 19.4. The van der Waals surface area contributed by atoms with Crippen LogP contribution in [-0.2, 0) is 21.2 Å². The number of aliphatic hydroxyl groups excluding tert-OH is 1. The molecule has 1 aliphatic rings. The summed E-state index contributed by atoms with van der Waals surface area (Å²) in [4.78, 5) is 46.5. The van der Waals surface area contributed by atoms with E-state index in [0.717, 1.165) is 42.9 Å². The van der Waals surface area contributed by atoms with Gasteiger partial charge in [-0.15, -0.1) is 0 Å². The predicted octanol–water partition coefficient (Wildman–Crippen LogP) is 2.13. The van der Waals surface area contributed by atoms with Gasteiger partial charge in [0, 0.05) is 12.5 Å². The van der Waals surface area contributed by atoms with Crippen LogP contribution in [0.4, 0.5) is 5.82 Å². The Labute approximate surface area is 202 Å². The van der Waals surface area contributed by atoms with Gasteiger partial charge in [-0.05, 0) is 42.2 Å². The molecule has 3 N–H and O–H groups in total. The van der Waals surface area contributed by atoms with E-state index in [9.17, 15) is 27.9 Å². The fraction of sp³-hybridized carbons (Fsp3) is 0.417. The third-order valence-corrected chi connectivity index (χ3v) is 7.59. The van der Waals surface area contributed by atoms with Gasteiger partial charge >= 0.3 is 5.69 Å². The van der Waals surface area contributed by atoms with Crippen LogP contribution < -0.4 is 16.6 Å². The Morgan fingerprint density at radius 2 is 1.94 bits per heavy atom. The number of aromatic nitrogens is 3. The summed E-state index contributed by atoms with van der Waals surface area (Å²) >= 11 is 0. The number of nitrogens with zero attached hydrogens (tertiary/aromatic N) is 2. The Bertz CT molecular complexity index is 1450. The average Bonchev–Trinajstić information content (AvgIpc) is 2.83. The molecule has 1 saturated carbocycles. The molecule has 2 heterocycles. The van der Waals surface area contributed by atoms with E-state index in [2.05, 4.69) is 15.3 Å². The Balaban J connectivity index is 1.76. The quantitative estimate of drug-likeness (QED) is 0.449. The van der Waals surface area contributed by atoms with Gasteiger partial charge in [-0.2, -0.15) is 0 Å². The van der Waals surface area contributed by atoms with Crippen molar-refractivity contribution in [2.24, 2.45) is 5.92 Å². The number of amides is 1. The lowest BCUT2D eigenvalue weighted by Gasteiger charge is -2.26. The minimum absolute atomic E-state index is 0.0216. The molecule has 35 heavy (non-hydrogen) atoms. The Morgan fingerprint density at radius 1 is 1.20 bits per heavy atom. The smallest absolute Gasteiger partial charge is 0.329 e. The van der Waals surface area contributed by atoms with Gasteiger partial charge in [0.1, 0.15) is 11.9 Å². The molecule has 0 saturated heterocycles. The van der Waals surface area contributed by atoms with Crippen LogP contribution in [0.1, 0.15) is 50.1 Å². The van der Waals surface area contributed by atoms with Gasteiger partial charge in [0.25, 0.3) is 5.56 Å². The standard InChI is InChI=1S/C24H28N4O6S/c1-35(33,34)17-8-9-18-19(12-17)26-24(32)28(23(18)31)20(11-15-5-3-2-4-6-15)22(30)27-21-10-7-16(14-29)13-25-21/h7-10,12-13,15,20,29H,2-6,11,14H2,1H3,(H,26,32)(H,25,27,30). The lowest BCUT2D eigenvalue weighted by atomic mass is 9.84. The fourth-order valence-electron chi connectivity index (χ4n) is 4.59. The molecule has 0 aliphatic heterocycles. The molecule has 1 fully saturated rings. The average molecular weight is 501 g/mol. The van der Waals surface area contributed by atoms with Gasteiger partial charge in [0.05, 0.1) is 22.4 Å². The van der Waals surface area contributed by atoms with Crippen molar-refractivity contribution < 1.29 is 18.3 Å². The van der Waals surface area contributed by atoms with E-state index < -0.39 is 33.0 Å². The first kappa shape index (κ1) is 24.8. The van der Waals surface area contributed by atoms with E-state index in [-0.39, 0.29) is 34.1 Å². The molecule has 2 aromatic heterocycles. The number of pyridine rings is 1. The summed E-state index contributed by atoms with van der Waals surface area (Å²) in [5.41, 5.74) is -0.772. The lowest BCUT2D eigenvalue weighted by molar-refractivity contribution is -0.120. The van der Waals surface area contributed by atoms with Crippen molar-refractivity contribution in [1.29, 1.82) is 0 Å². The maximum Gasteiger partial charge on any atom is 0.329 e. The van der Waals surface area contributed by atoms with Crippen molar-refractivity contribution in [2.45, 2.75) is 56.1 Å². The maximum absolute atomic E-state index is 13.4. The number of benzene rings is 1. The number of sulfone groups is 1. The number of carbonyl (C=O) groups excluding carboxylic acids is 1. The van der Waals surface area contributed by atoms with Crippen molar-refractivity contribution >= 4 is 32.5 Å². The van der Waals surface area contributed by atoms with E-state index in [0.29, 0.717) is 12.0 Å². The number of aliphatic hydroxyl groups is 1. The minimum Gasteiger partial charge on any atom is -0.392 e. The minimum atomic E-state index is -3.54. The molecule has 1 atom stereocenters. The van der Waals surface area contributed by atoms with Crippen molar-refractivity contribution in [1.82, 2.24) is 14.5 Å². The Hall–Kier alpha value is -3.31. The zero-order valence-corrected chi connectivity index (χ0v) is 20.2. The summed E-state index contributed by atoms with van der Waals surface area (Å²) in [6.07, 6.45) is 7.78.